The molecule has 2 atom stereocenters. The highest BCUT2D eigenvalue weighted by Gasteiger charge is 2.22. The maximum atomic E-state index is 12.1. The van der Waals surface area contributed by atoms with Crippen LogP contribution in [0.2, 0.25) is 0 Å². The average molecular weight is 308 g/mol. The van der Waals surface area contributed by atoms with E-state index < -0.39 is 18.0 Å². The molecule has 0 saturated heterocycles. The van der Waals surface area contributed by atoms with Crippen LogP contribution in [0, 0.1) is 5.92 Å². The number of rotatable bonds is 10. The lowest BCUT2D eigenvalue weighted by Crippen LogP contribution is -2.25. The number of benzene rings is 1. The third kappa shape index (κ3) is 5.75. The van der Waals surface area contributed by atoms with E-state index in [-0.39, 0.29) is 31.2 Å². The number of hydrogen-bond acceptors (Lipinski definition) is 5. The third-order valence-corrected chi connectivity index (χ3v) is 3.19. The van der Waals surface area contributed by atoms with Gasteiger partial charge in [-0.15, -0.1) is 0 Å². The summed E-state index contributed by atoms with van der Waals surface area (Å²) in [7, 11) is 1.43. The van der Waals surface area contributed by atoms with Crippen LogP contribution in [0.15, 0.2) is 30.3 Å². The molecule has 0 bridgehead atoms. The summed E-state index contributed by atoms with van der Waals surface area (Å²) in [4.78, 5) is 34.1. The molecule has 0 radical (unpaired) electrons. The molecule has 6 nitrogen and oxygen atoms in total. The second kappa shape index (κ2) is 9.07. The van der Waals surface area contributed by atoms with E-state index in [0.29, 0.717) is 5.56 Å². The summed E-state index contributed by atoms with van der Waals surface area (Å²) >= 11 is 0. The summed E-state index contributed by atoms with van der Waals surface area (Å²) in [5.41, 5.74) is 0.715. The van der Waals surface area contributed by atoms with Gasteiger partial charge in [-0.05, 0) is 12.5 Å². The van der Waals surface area contributed by atoms with Crippen LogP contribution in [0.4, 0.5) is 0 Å². The van der Waals surface area contributed by atoms with Crippen LogP contribution >= 0.6 is 0 Å². The van der Waals surface area contributed by atoms with Crippen molar-refractivity contribution in [2.45, 2.75) is 19.4 Å². The molecule has 6 heteroatoms. The zero-order chi connectivity index (χ0) is 16.5. The smallest absolute Gasteiger partial charge is 0.304 e. The van der Waals surface area contributed by atoms with Crippen LogP contribution in [0.3, 0.4) is 0 Å². The Kier molecular flexibility index (Phi) is 7.42. The number of carbonyl (C=O) groups is 3. The van der Waals surface area contributed by atoms with E-state index in [4.69, 9.17) is 14.6 Å². The van der Waals surface area contributed by atoms with E-state index in [1.54, 1.807) is 24.3 Å². The molecule has 0 aliphatic rings. The van der Waals surface area contributed by atoms with Crippen molar-refractivity contribution >= 4 is 17.5 Å². The number of hydrogen-bond donors (Lipinski definition) is 1. The maximum Gasteiger partial charge on any atom is 0.304 e. The molecule has 1 rings (SSSR count). The number of carboxylic acids is 1. The van der Waals surface area contributed by atoms with E-state index in [1.165, 1.54) is 14.0 Å². The minimum atomic E-state index is -1.07. The topological polar surface area (TPSA) is 89.9 Å². The van der Waals surface area contributed by atoms with Crippen molar-refractivity contribution in [1.82, 2.24) is 0 Å². The summed E-state index contributed by atoms with van der Waals surface area (Å²) in [5.74, 6) is -2.38. The molecule has 0 aromatic heterocycles. The lowest BCUT2D eigenvalue weighted by Gasteiger charge is -2.16. The van der Waals surface area contributed by atoms with Crippen molar-refractivity contribution in [3.63, 3.8) is 0 Å². The number of carboxylic acid groups (broad SMARTS) is 1. The first-order valence-corrected chi connectivity index (χ1v) is 6.86. The molecule has 0 saturated carbocycles. The highest BCUT2D eigenvalue weighted by molar-refractivity contribution is 5.86. The molecular formula is C16H20O6. The second-order valence-corrected chi connectivity index (χ2v) is 4.91. The van der Waals surface area contributed by atoms with Crippen LogP contribution in [0.25, 0.3) is 0 Å². The van der Waals surface area contributed by atoms with Gasteiger partial charge in [-0.2, -0.15) is 0 Å². The zero-order valence-corrected chi connectivity index (χ0v) is 12.7. The second-order valence-electron chi connectivity index (χ2n) is 4.91. The summed E-state index contributed by atoms with van der Waals surface area (Å²) in [6.07, 6.45) is -1.05. The Labute approximate surface area is 129 Å². The monoisotopic (exact) mass is 308 g/mol. The van der Waals surface area contributed by atoms with E-state index >= 15 is 0 Å². The highest BCUT2D eigenvalue weighted by Crippen LogP contribution is 2.17. The van der Waals surface area contributed by atoms with E-state index in [1.807, 2.05) is 6.07 Å². The molecule has 0 amide bonds. The van der Waals surface area contributed by atoms with Crippen molar-refractivity contribution < 1.29 is 29.0 Å². The Morgan fingerprint density at radius 3 is 2.32 bits per heavy atom. The van der Waals surface area contributed by atoms with E-state index in [9.17, 15) is 14.4 Å². The van der Waals surface area contributed by atoms with E-state index in [2.05, 4.69) is 0 Å². The Balaban J connectivity index is 2.53. The molecule has 1 aromatic rings. The van der Waals surface area contributed by atoms with Crippen molar-refractivity contribution in [1.29, 1.82) is 0 Å². The molecule has 0 aliphatic carbocycles. The highest BCUT2D eigenvalue weighted by atomic mass is 16.5. The molecule has 1 unspecified atom stereocenters. The number of Topliss-reactive ketones (excluding diaryl/α,β-unsaturated/α-hetero) is 2. The van der Waals surface area contributed by atoms with Gasteiger partial charge in [0.1, 0.15) is 18.5 Å². The van der Waals surface area contributed by atoms with Crippen molar-refractivity contribution in [3.05, 3.63) is 35.9 Å². The van der Waals surface area contributed by atoms with Gasteiger partial charge in [0.05, 0.1) is 18.9 Å². The normalized spacial score (nSPS) is 13.4. The lowest BCUT2D eigenvalue weighted by atomic mass is 10.0. The van der Waals surface area contributed by atoms with Crippen molar-refractivity contribution in [3.8, 4) is 0 Å². The van der Waals surface area contributed by atoms with Gasteiger partial charge in [0, 0.05) is 7.11 Å². The first-order chi connectivity index (χ1) is 10.5. The number of ketones is 2. The largest absolute Gasteiger partial charge is 0.481 e. The predicted octanol–water partition coefficient (Wildman–Crippen LogP) is 1.64. The Bertz CT molecular complexity index is 511. The minimum Gasteiger partial charge on any atom is -0.481 e. The van der Waals surface area contributed by atoms with Crippen molar-refractivity contribution in [2.75, 3.05) is 20.3 Å². The Morgan fingerprint density at radius 1 is 1.18 bits per heavy atom. The summed E-state index contributed by atoms with van der Waals surface area (Å²) in [6.45, 7) is 0.968. The van der Waals surface area contributed by atoms with Crippen LogP contribution in [-0.4, -0.2) is 43.0 Å². The number of methoxy groups -OCH3 is 1. The first kappa shape index (κ1) is 18.0. The number of carbonyl (C=O) groups excluding carboxylic acids is 2. The van der Waals surface area contributed by atoms with Gasteiger partial charge in [0.2, 0.25) is 0 Å². The quantitative estimate of drug-likeness (QED) is 0.706. The number of aliphatic carboxylic acids is 1. The van der Waals surface area contributed by atoms with Crippen LogP contribution < -0.4 is 0 Å². The molecule has 22 heavy (non-hydrogen) atoms. The summed E-state index contributed by atoms with van der Waals surface area (Å²) < 4.78 is 10.4. The Morgan fingerprint density at radius 2 is 1.82 bits per heavy atom. The Hall–Kier alpha value is -2.05. The zero-order valence-electron chi connectivity index (χ0n) is 12.7. The molecule has 0 fully saturated rings. The minimum absolute atomic E-state index is 0.0986. The molecule has 0 spiro atoms. The standard InChI is InChI=1S/C16H20O6/c1-11(17)13(8-15(19)20)9-22-10-14(18)16(21-2)12-6-4-3-5-7-12/h3-7,13,16H,8-10H2,1-2H3,(H,19,20)/t13?,16-/m1/s1. The van der Waals surface area contributed by atoms with Crippen LogP contribution in [0.5, 0.6) is 0 Å². The molecule has 1 aromatic carbocycles. The SMILES string of the molecule is CO[C@@H](C(=O)COCC(CC(=O)O)C(C)=O)c1ccccc1. The van der Waals surface area contributed by atoms with Crippen LogP contribution in [0.1, 0.15) is 25.0 Å². The van der Waals surface area contributed by atoms with Gasteiger partial charge >= 0.3 is 5.97 Å². The maximum absolute atomic E-state index is 12.1. The van der Waals surface area contributed by atoms with Gasteiger partial charge in [0.15, 0.2) is 5.78 Å². The average Bonchev–Trinajstić information content (AvgIpc) is 2.47. The third-order valence-electron chi connectivity index (χ3n) is 3.19. The fourth-order valence-corrected chi connectivity index (χ4v) is 1.99. The van der Waals surface area contributed by atoms with Gasteiger partial charge in [-0.3, -0.25) is 14.4 Å². The van der Waals surface area contributed by atoms with Crippen molar-refractivity contribution in [2.24, 2.45) is 5.92 Å². The van der Waals surface area contributed by atoms with Gasteiger partial charge < -0.3 is 14.6 Å². The molecule has 0 aliphatic heterocycles. The van der Waals surface area contributed by atoms with Gasteiger partial charge in [0.25, 0.3) is 0 Å². The number of ether oxygens (including phenoxy) is 2. The fraction of sp³-hybridized carbons (Fsp3) is 0.438. The summed E-state index contributed by atoms with van der Waals surface area (Å²) in [5, 5.41) is 8.72. The molecule has 120 valence electrons. The summed E-state index contributed by atoms with van der Waals surface area (Å²) in [6, 6.07) is 8.98. The fourth-order valence-electron chi connectivity index (χ4n) is 1.99. The van der Waals surface area contributed by atoms with Gasteiger partial charge in [-0.1, -0.05) is 30.3 Å². The lowest BCUT2D eigenvalue weighted by molar-refractivity contribution is -0.142. The van der Waals surface area contributed by atoms with Gasteiger partial charge in [-0.25, -0.2) is 0 Å². The van der Waals surface area contributed by atoms with Crippen LogP contribution in [-0.2, 0) is 23.9 Å². The molecular weight excluding hydrogens is 288 g/mol. The predicted molar refractivity (Wildman–Crippen MR) is 78.4 cm³/mol. The first-order valence-electron chi connectivity index (χ1n) is 6.86. The molecule has 1 N–H and O–H groups in total. The van der Waals surface area contributed by atoms with E-state index in [0.717, 1.165) is 0 Å². The molecule has 0 heterocycles.